The van der Waals surface area contributed by atoms with E-state index < -0.39 is 17.4 Å². The molecule has 30 heavy (non-hydrogen) atoms. The first kappa shape index (κ1) is 17.2. The summed E-state index contributed by atoms with van der Waals surface area (Å²) in [6.45, 7) is 0. The summed E-state index contributed by atoms with van der Waals surface area (Å²) >= 11 is 2.36. The Morgan fingerprint density at radius 2 is 1.70 bits per heavy atom. The highest BCUT2D eigenvalue weighted by Gasteiger charge is 2.42. The number of anilines is 1. The van der Waals surface area contributed by atoms with Gasteiger partial charge in [-0.3, -0.25) is 14.4 Å². The summed E-state index contributed by atoms with van der Waals surface area (Å²) < 4.78 is 1.32. The summed E-state index contributed by atoms with van der Waals surface area (Å²) in [5.41, 5.74) is 0.334. The number of thiazole rings is 1. The van der Waals surface area contributed by atoms with Gasteiger partial charge in [0.05, 0.1) is 10.6 Å². The average molecular weight is 430 g/mol. The molecule has 0 saturated carbocycles. The van der Waals surface area contributed by atoms with Crippen LogP contribution in [0.4, 0.5) is 5.69 Å². The summed E-state index contributed by atoms with van der Waals surface area (Å²) in [6.07, 6.45) is 0. The number of hydrogen-bond acceptors (Lipinski definition) is 7. The average Bonchev–Trinajstić information content (AvgIpc) is 3.45. The first-order chi connectivity index (χ1) is 14.6. The number of carbonyl (C=O) groups excluding carboxylic acids is 2. The van der Waals surface area contributed by atoms with E-state index in [9.17, 15) is 14.4 Å². The molecular weight excluding hydrogens is 420 g/mol. The molecule has 0 N–H and O–H groups in total. The van der Waals surface area contributed by atoms with Crippen LogP contribution >= 0.6 is 22.7 Å². The van der Waals surface area contributed by atoms with Crippen molar-refractivity contribution in [3.8, 4) is 10.6 Å². The van der Waals surface area contributed by atoms with Crippen molar-refractivity contribution < 1.29 is 9.59 Å². The lowest BCUT2D eigenvalue weighted by molar-refractivity contribution is 0.0925. The fraction of sp³-hybridized carbons (Fsp3) is 0. The lowest BCUT2D eigenvalue weighted by Gasteiger charge is -2.16. The van der Waals surface area contributed by atoms with E-state index >= 15 is 0 Å². The standard InChI is InChI=1S/C21H10N4O3S2/c26-18-15(14-9-4-10-29-14)23-25-16-17(30-21(25)22-18)20(28)24(19(16)27)13-8-3-6-11-5-1-2-7-12(11)13/h1-10H. The second kappa shape index (κ2) is 6.15. The van der Waals surface area contributed by atoms with E-state index in [1.54, 1.807) is 12.1 Å². The first-order valence-electron chi connectivity index (χ1n) is 8.98. The highest BCUT2D eigenvalue weighted by Crippen LogP contribution is 2.36. The lowest BCUT2D eigenvalue weighted by atomic mass is 10.1. The quantitative estimate of drug-likeness (QED) is 0.398. The number of nitrogens with zero attached hydrogens (tertiary/aromatic N) is 4. The van der Waals surface area contributed by atoms with Gasteiger partial charge in [-0.1, -0.05) is 53.8 Å². The van der Waals surface area contributed by atoms with Crippen LogP contribution in [0.25, 0.3) is 26.3 Å². The Kier molecular flexibility index (Phi) is 3.53. The molecule has 0 unspecified atom stereocenters. The van der Waals surface area contributed by atoms with Crippen LogP contribution in [0, 0.1) is 0 Å². The molecule has 9 heteroatoms. The van der Waals surface area contributed by atoms with Crippen LogP contribution in [0.1, 0.15) is 20.2 Å². The lowest BCUT2D eigenvalue weighted by Crippen LogP contribution is -2.30. The Morgan fingerprint density at radius 3 is 2.53 bits per heavy atom. The Labute approximate surface area is 176 Å². The van der Waals surface area contributed by atoms with Gasteiger partial charge >= 0.3 is 5.56 Å². The molecule has 0 saturated heterocycles. The largest absolute Gasteiger partial charge is 0.301 e. The van der Waals surface area contributed by atoms with E-state index in [0.29, 0.717) is 10.6 Å². The zero-order valence-corrected chi connectivity index (χ0v) is 16.7. The third-order valence-electron chi connectivity index (χ3n) is 4.97. The third kappa shape index (κ3) is 2.27. The monoisotopic (exact) mass is 430 g/mol. The minimum atomic E-state index is -0.483. The van der Waals surface area contributed by atoms with E-state index in [0.717, 1.165) is 22.1 Å². The van der Waals surface area contributed by atoms with Crippen molar-refractivity contribution in [3.05, 3.63) is 80.9 Å². The molecule has 1 aliphatic rings. The van der Waals surface area contributed by atoms with E-state index in [1.807, 2.05) is 47.8 Å². The summed E-state index contributed by atoms with van der Waals surface area (Å²) in [4.78, 5) is 45.3. The molecule has 4 heterocycles. The van der Waals surface area contributed by atoms with Crippen LogP contribution in [-0.4, -0.2) is 26.4 Å². The van der Waals surface area contributed by atoms with Crippen molar-refractivity contribution in [2.24, 2.45) is 0 Å². The van der Waals surface area contributed by atoms with Gasteiger partial charge in [-0.25, -0.2) is 4.90 Å². The zero-order chi connectivity index (χ0) is 20.4. The maximum atomic E-state index is 13.4. The SMILES string of the molecule is O=C1c2sc3nc(=O)c(-c4cccs4)nn3c2C(=O)N1c1cccc2ccccc12. The minimum Gasteiger partial charge on any atom is -0.267 e. The number of aromatic nitrogens is 3. The van der Waals surface area contributed by atoms with E-state index in [4.69, 9.17) is 0 Å². The fourth-order valence-electron chi connectivity index (χ4n) is 3.64. The molecule has 6 rings (SSSR count). The van der Waals surface area contributed by atoms with Crippen molar-refractivity contribution in [2.75, 3.05) is 4.90 Å². The molecule has 3 aromatic heterocycles. The molecule has 0 fully saturated rings. The number of thiophene rings is 1. The second-order valence-electron chi connectivity index (χ2n) is 6.66. The molecular formula is C21H10N4O3S2. The van der Waals surface area contributed by atoms with Gasteiger partial charge in [0.1, 0.15) is 4.88 Å². The molecule has 0 aliphatic carbocycles. The summed E-state index contributed by atoms with van der Waals surface area (Å²) in [5, 5.41) is 7.95. The minimum absolute atomic E-state index is 0.137. The van der Waals surface area contributed by atoms with Crippen LogP contribution in [0.3, 0.4) is 0 Å². The highest BCUT2D eigenvalue weighted by molar-refractivity contribution is 7.19. The molecule has 0 bridgehead atoms. The number of rotatable bonds is 2. The van der Waals surface area contributed by atoms with Gasteiger partial charge in [-0.15, -0.1) is 11.3 Å². The van der Waals surface area contributed by atoms with Gasteiger partial charge in [-0.05, 0) is 22.9 Å². The molecule has 7 nitrogen and oxygen atoms in total. The highest BCUT2D eigenvalue weighted by atomic mass is 32.1. The van der Waals surface area contributed by atoms with Crippen molar-refractivity contribution >= 4 is 55.9 Å². The molecule has 2 aromatic carbocycles. The number of benzene rings is 2. The van der Waals surface area contributed by atoms with Gasteiger partial charge < -0.3 is 0 Å². The molecule has 0 spiro atoms. The van der Waals surface area contributed by atoms with E-state index in [2.05, 4.69) is 10.1 Å². The van der Waals surface area contributed by atoms with Crippen LogP contribution in [0.2, 0.25) is 0 Å². The van der Waals surface area contributed by atoms with Crippen molar-refractivity contribution in [3.63, 3.8) is 0 Å². The van der Waals surface area contributed by atoms with Crippen LogP contribution in [0.5, 0.6) is 0 Å². The Balaban J connectivity index is 1.57. The summed E-state index contributed by atoms with van der Waals surface area (Å²) in [7, 11) is 0. The Morgan fingerprint density at radius 1 is 0.867 bits per heavy atom. The predicted octanol–water partition coefficient (Wildman–Crippen LogP) is 3.83. The smallest absolute Gasteiger partial charge is 0.267 e. The number of fused-ring (bicyclic) bond motifs is 4. The summed E-state index contributed by atoms with van der Waals surface area (Å²) in [5.74, 6) is -0.915. The van der Waals surface area contributed by atoms with Crippen molar-refractivity contribution in [1.29, 1.82) is 0 Å². The van der Waals surface area contributed by atoms with Gasteiger partial charge in [0.25, 0.3) is 11.8 Å². The fourth-order valence-corrected chi connectivity index (χ4v) is 5.32. The first-order valence-corrected chi connectivity index (χ1v) is 10.7. The number of hydrogen-bond donors (Lipinski definition) is 0. The van der Waals surface area contributed by atoms with Gasteiger partial charge in [0.2, 0.25) is 4.96 Å². The third-order valence-corrected chi connectivity index (χ3v) is 6.86. The topological polar surface area (TPSA) is 84.6 Å². The van der Waals surface area contributed by atoms with Crippen LogP contribution in [0.15, 0.2) is 64.8 Å². The molecule has 0 atom stereocenters. The van der Waals surface area contributed by atoms with E-state index in [1.165, 1.54) is 20.8 Å². The number of amides is 2. The van der Waals surface area contributed by atoms with Crippen LogP contribution in [-0.2, 0) is 0 Å². The van der Waals surface area contributed by atoms with Gasteiger partial charge in [-0.2, -0.15) is 14.6 Å². The van der Waals surface area contributed by atoms with Crippen LogP contribution < -0.4 is 10.5 Å². The van der Waals surface area contributed by atoms with E-state index in [-0.39, 0.29) is 21.2 Å². The molecule has 1 aliphatic heterocycles. The predicted molar refractivity (Wildman–Crippen MR) is 116 cm³/mol. The zero-order valence-electron chi connectivity index (χ0n) is 15.1. The molecule has 5 aromatic rings. The maximum absolute atomic E-state index is 13.4. The normalized spacial score (nSPS) is 13.5. The molecule has 0 radical (unpaired) electrons. The Hall–Kier alpha value is -3.69. The van der Waals surface area contributed by atoms with Gasteiger partial charge in [0.15, 0.2) is 11.4 Å². The second-order valence-corrected chi connectivity index (χ2v) is 8.59. The number of carbonyl (C=O) groups is 2. The number of imide groups is 1. The Bertz CT molecular complexity index is 1560. The molecule has 144 valence electrons. The maximum Gasteiger partial charge on any atom is 0.301 e. The summed E-state index contributed by atoms with van der Waals surface area (Å²) in [6, 6.07) is 16.6. The molecule has 2 amide bonds. The van der Waals surface area contributed by atoms with Gasteiger partial charge in [0, 0.05) is 5.39 Å². The van der Waals surface area contributed by atoms with Crippen molar-refractivity contribution in [2.45, 2.75) is 0 Å². The van der Waals surface area contributed by atoms with Crippen molar-refractivity contribution in [1.82, 2.24) is 14.6 Å².